The lowest BCUT2D eigenvalue weighted by Gasteiger charge is -2.27. The van der Waals surface area contributed by atoms with Gasteiger partial charge in [0.25, 0.3) is 0 Å². The summed E-state index contributed by atoms with van der Waals surface area (Å²) in [6.45, 7) is 8.95. The summed E-state index contributed by atoms with van der Waals surface area (Å²) in [5.41, 5.74) is 6.30. The van der Waals surface area contributed by atoms with Gasteiger partial charge in [0, 0.05) is 16.8 Å². The van der Waals surface area contributed by atoms with E-state index in [4.69, 9.17) is 0 Å². The van der Waals surface area contributed by atoms with E-state index in [-0.39, 0.29) is 0 Å². The number of benzene rings is 4. The van der Waals surface area contributed by atoms with Gasteiger partial charge in [-0.25, -0.2) is 0 Å². The number of anilines is 3. The van der Waals surface area contributed by atoms with Crippen LogP contribution in [0.25, 0.3) is 10.8 Å². The molecular formula is C28H29N. The lowest BCUT2D eigenvalue weighted by Crippen LogP contribution is -2.10. The number of nitrogens with zero attached hydrogens (tertiary/aromatic N) is 1. The Morgan fingerprint density at radius 3 is 1.52 bits per heavy atom. The van der Waals surface area contributed by atoms with Crippen LogP contribution in [0.4, 0.5) is 17.1 Å². The van der Waals surface area contributed by atoms with Gasteiger partial charge in [0.1, 0.15) is 0 Å². The summed E-state index contributed by atoms with van der Waals surface area (Å²) in [7, 11) is 0. The summed E-state index contributed by atoms with van der Waals surface area (Å²) < 4.78 is 0. The van der Waals surface area contributed by atoms with Gasteiger partial charge in [-0.2, -0.15) is 0 Å². The summed E-state index contributed by atoms with van der Waals surface area (Å²) in [6.07, 6.45) is 0. The van der Waals surface area contributed by atoms with Crippen molar-refractivity contribution in [1.82, 2.24) is 0 Å². The molecule has 0 radical (unpaired) electrons. The lowest BCUT2D eigenvalue weighted by atomic mass is 10.0. The maximum atomic E-state index is 2.37. The fourth-order valence-corrected chi connectivity index (χ4v) is 3.85. The zero-order valence-electron chi connectivity index (χ0n) is 17.8. The molecule has 0 amide bonds. The average Bonchev–Trinajstić information content (AvgIpc) is 2.75. The predicted octanol–water partition coefficient (Wildman–Crippen LogP) is 8.56. The number of rotatable bonds is 5. The number of fused-ring (bicyclic) bond motifs is 1. The van der Waals surface area contributed by atoms with Gasteiger partial charge in [0.2, 0.25) is 0 Å². The Balaban J connectivity index is 1.89. The maximum Gasteiger partial charge on any atom is 0.0540 e. The first-order valence-corrected chi connectivity index (χ1v) is 10.5. The van der Waals surface area contributed by atoms with Crippen LogP contribution in [0.3, 0.4) is 0 Å². The van der Waals surface area contributed by atoms with Crippen LogP contribution < -0.4 is 4.90 Å². The minimum atomic E-state index is 0.528. The average molecular weight is 380 g/mol. The van der Waals surface area contributed by atoms with Crippen LogP contribution in [0.2, 0.25) is 0 Å². The molecule has 0 N–H and O–H groups in total. The van der Waals surface area contributed by atoms with E-state index in [1.54, 1.807) is 0 Å². The van der Waals surface area contributed by atoms with E-state index in [1.165, 1.54) is 39.0 Å². The third kappa shape index (κ3) is 3.91. The van der Waals surface area contributed by atoms with Crippen molar-refractivity contribution in [2.75, 3.05) is 4.90 Å². The molecule has 0 heterocycles. The molecule has 0 aliphatic heterocycles. The van der Waals surface area contributed by atoms with E-state index in [2.05, 4.69) is 124 Å². The van der Waals surface area contributed by atoms with Gasteiger partial charge in [0.15, 0.2) is 0 Å². The van der Waals surface area contributed by atoms with Crippen LogP contribution in [0.5, 0.6) is 0 Å². The molecule has 4 aromatic carbocycles. The largest absolute Gasteiger partial charge is 0.310 e. The third-order valence-electron chi connectivity index (χ3n) is 5.64. The van der Waals surface area contributed by atoms with Crippen molar-refractivity contribution in [3.05, 3.63) is 102 Å². The van der Waals surface area contributed by atoms with Crippen molar-refractivity contribution in [3.63, 3.8) is 0 Å². The molecule has 0 aromatic heterocycles. The third-order valence-corrected chi connectivity index (χ3v) is 5.64. The zero-order chi connectivity index (χ0) is 20.4. The molecule has 0 saturated carbocycles. The molecule has 0 spiro atoms. The molecule has 0 bridgehead atoms. The molecular weight excluding hydrogens is 350 g/mol. The Morgan fingerprint density at radius 2 is 1.00 bits per heavy atom. The molecule has 0 atom stereocenters. The Labute approximate surface area is 174 Å². The van der Waals surface area contributed by atoms with Crippen molar-refractivity contribution in [3.8, 4) is 0 Å². The molecule has 146 valence electrons. The second-order valence-electron chi connectivity index (χ2n) is 8.33. The smallest absolute Gasteiger partial charge is 0.0540 e. The van der Waals surface area contributed by atoms with E-state index < -0.39 is 0 Å². The normalized spacial score (nSPS) is 11.4. The van der Waals surface area contributed by atoms with Crippen LogP contribution in [-0.2, 0) is 0 Å². The number of hydrogen-bond acceptors (Lipinski definition) is 1. The molecule has 0 aliphatic rings. The Hall–Kier alpha value is -3.06. The Kier molecular flexibility index (Phi) is 5.40. The molecule has 0 aliphatic carbocycles. The van der Waals surface area contributed by atoms with E-state index in [0.717, 1.165) is 0 Å². The fourth-order valence-electron chi connectivity index (χ4n) is 3.85. The zero-order valence-corrected chi connectivity index (χ0v) is 17.8. The van der Waals surface area contributed by atoms with Gasteiger partial charge in [-0.15, -0.1) is 0 Å². The molecule has 29 heavy (non-hydrogen) atoms. The minimum absolute atomic E-state index is 0.528. The summed E-state index contributed by atoms with van der Waals surface area (Å²) >= 11 is 0. The van der Waals surface area contributed by atoms with Crippen LogP contribution >= 0.6 is 0 Å². The molecule has 4 aromatic rings. The number of hydrogen-bond donors (Lipinski definition) is 0. The summed E-state index contributed by atoms with van der Waals surface area (Å²) in [5, 5.41) is 2.52. The quantitative estimate of drug-likeness (QED) is 0.336. The van der Waals surface area contributed by atoms with Gasteiger partial charge in [-0.1, -0.05) is 88.4 Å². The van der Waals surface area contributed by atoms with Crippen molar-refractivity contribution >= 4 is 27.8 Å². The van der Waals surface area contributed by atoms with Crippen molar-refractivity contribution in [1.29, 1.82) is 0 Å². The molecule has 0 unspecified atom stereocenters. The van der Waals surface area contributed by atoms with Gasteiger partial charge in [-0.3, -0.25) is 0 Å². The second-order valence-corrected chi connectivity index (χ2v) is 8.33. The van der Waals surface area contributed by atoms with Crippen molar-refractivity contribution in [2.24, 2.45) is 0 Å². The molecule has 1 heteroatoms. The van der Waals surface area contributed by atoms with Crippen molar-refractivity contribution < 1.29 is 0 Å². The summed E-state index contributed by atoms with van der Waals surface area (Å²) in [4.78, 5) is 2.37. The summed E-state index contributed by atoms with van der Waals surface area (Å²) in [6, 6.07) is 33.1. The summed E-state index contributed by atoms with van der Waals surface area (Å²) in [5.74, 6) is 1.06. The highest BCUT2D eigenvalue weighted by Gasteiger charge is 2.15. The first-order valence-electron chi connectivity index (χ1n) is 10.5. The van der Waals surface area contributed by atoms with E-state index >= 15 is 0 Å². The van der Waals surface area contributed by atoms with Gasteiger partial charge >= 0.3 is 0 Å². The van der Waals surface area contributed by atoms with Gasteiger partial charge < -0.3 is 4.90 Å². The van der Waals surface area contributed by atoms with Gasteiger partial charge in [-0.05, 0) is 58.7 Å². The predicted molar refractivity (Wildman–Crippen MR) is 127 cm³/mol. The fraction of sp³-hybridized carbons (Fsp3) is 0.214. The lowest BCUT2D eigenvalue weighted by molar-refractivity contribution is 0.866. The molecule has 0 saturated heterocycles. The Bertz CT molecular complexity index is 1030. The monoisotopic (exact) mass is 379 g/mol. The Morgan fingerprint density at radius 1 is 0.517 bits per heavy atom. The van der Waals surface area contributed by atoms with Crippen molar-refractivity contribution in [2.45, 2.75) is 39.5 Å². The van der Waals surface area contributed by atoms with Gasteiger partial charge in [0.05, 0.1) is 5.69 Å². The highest BCUT2D eigenvalue weighted by molar-refractivity contribution is 5.98. The molecule has 4 rings (SSSR count). The molecule has 1 nitrogen and oxygen atoms in total. The van der Waals surface area contributed by atoms with E-state index in [1.807, 2.05) is 0 Å². The molecule has 0 fully saturated rings. The SMILES string of the molecule is CC(C)c1ccc(N(c2ccc(C(C)C)cc2)c2cccc3ccccc23)cc1. The van der Waals surface area contributed by atoms with E-state index in [9.17, 15) is 0 Å². The first kappa shape index (κ1) is 19.3. The second kappa shape index (κ2) is 8.13. The highest BCUT2D eigenvalue weighted by Crippen LogP contribution is 2.39. The highest BCUT2D eigenvalue weighted by atomic mass is 15.1. The van der Waals surface area contributed by atoms with Crippen LogP contribution in [0.1, 0.15) is 50.7 Å². The maximum absolute atomic E-state index is 2.37. The van der Waals surface area contributed by atoms with E-state index in [0.29, 0.717) is 11.8 Å². The topological polar surface area (TPSA) is 3.24 Å². The first-order chi connectivity index (χ1) is 14.0. The van der Waals surface area contributed by atoms with Crippen LogP contribution in [-0.4, -0.2) is 0 Å². The van der Waals surface area contributed by atoms with Crippen LogP contribution in [0.15, 0.2) is 91.0 Å². The minimum Gasteiger partial charge on any atom is -0.310 e. The standard InChI is InChI=1S/C28H29N/c1-20(2)22-12-16-25(17-13-22)29(26-18-14-23(15-19-26)21(3)4)28-11-7-9-24-8-5-6-10-27(24)28/h5-21H,1-4H3. The van der Waals surface area contributed by atoms with Crippen LogP contribution in [0, 0.1) is 0 Å².